The van der Waals surface area contributed by atoms with Gasteiger partial charge in [0, 0.05) is 16.0 Å². The Bertz CT molecular complexity index is 243. The maximum atomic E-state index is 4.14. The Hall–Kier alpha value is -0.120. The number of rotatable bonds is 1. The summed E-state index contributed by atoms with van der Waals surface area (Å²) >= 11 is 2.30. The molecule has 0 saturated heterocycles. The lowest BCUT2D eigenvalue weighted by molar-refractivity contribution is 1.09. The van der Waals surface area contributed by atoms with Crippen molar-refractivity contribution >= 4 is 22.6 Å². The van der Waals surface area contributed by atoms with Gasteiger partial charge in [-0.3, -0.25) is 4.98 Å². The van der Waals surface area contributed by atoms with E-state index >= 15 is 0 Å². The molecule has 1 nitrogen and oxygen atoms in total. The summed E-state index contributed by atoms with van der Waals surface area (Å²) in [6.45, 7) is 0. The molecule has 0 aromatic carbocycles. The van der Waals surface area contributed by atoms with Gasteiger partial charge in [-0.15, -0.1) is 0 Å². The molecule has 2 heteroatoms. The van der Waals surface area contributed by atoms with Crippen LogP contribution in [0.25, 0.3) is 0 Å². The van der Waals surface area contributed by atoms with Crippen LogP contribution in [0.15, 0.2) is 18.5 Å². The zero-order valence-electron chi connectivity index (χ0n) is 5.55. The highest BCUT2D eigenvalue weighted by Gasteiger charge is 2.23. The van der Waals surface area contributed by atoms with Crippen LogP contribution in [0.4, 0.5) is 0 Å². The minimum absolute atomic E-state index is 0.835. The molecule has 0 amide bonds. The van der Waals surface area contributed by atoms with Gasteiger partial charge in [0.1, 0.15) is 0 Å². The van der Waals surface area contributed by atoms with Crippen LogP contribution in [0.2, 0.25) is 0 Å². The van der Waals surface area contributed by atoms with Crippen LogP contribution in [0, 0.1) is 3.57 Å². The second kappa shape index (κ2) is 2.49. The summed E-state index contributed by atoms with van der Waals surface area (Å²) in [5, 5.41) is 0. The van der Waals surface area contributed by atoms with Gasteiger partial charge in [0.25, 0.3) is 0 Å². The van der Waals surface area contributed by atoms with Crippen molar-refractivity contribution in [2.24, 2.45) is 0 Å². The second-order valence-corrected chi connectivity index (χ2v) is 3.96. The number of hydrogen-bond donors (Lipinski definition) is 0. The molecule has 52 valence electrons. The van der Waals surface area contributed by atoms with Crippen molar-refractivity contribution in [3.8, 4) is 0 Å². The van der Waals surface area contributed by atoms with Crippen LogP contribution in [0.5, 0.6) is 0 Å². The van der Waals surface area contributed by atoms with Crippen molar-refractivity contribution in [1.29, 1.82) is 0 Å². The molecule has 0 unspecified atom stereocenters. The third kappa shape index (κ3) is 1.31. The zero-order chi connectivity index (χ0) is 6.97. The molecule has 0 N–H and O–H groups in total. The second-order valence-electron chi connectivity index (χ2n) is 2.71. The topological polar surface area (TPSA) is 12.9 Å². The first-order valence-corrected chi connectivity index (χ1v) is 4.54. The average molecular weight is 245 g/mol. The molecule has 1 aromatic rings. The van der Waals surface area contributed by atoms with Crippen LogP contribution in [0.1, 0.15) is 24.3 Å². The van der Waals surface area contributed by atoms with Gasteiger partial charge in [-0.25, -0.2) is 0 Å². The minimum atomic E-state index is 0.835. The Morgan fingerprint density at radius 3 is 2.80 bits per heavy atom. The van der Waals surface area contributed by atoms with Crippen molar-refractivity contribution in [3.63, 3.8) is 0 Å². The molecule has 0 atom stereocenters. The van der Waals surface area contributed by atoms with Gasteiger partial charge in [0.05, 0.1) is 0 Å². The van der Waals surface area contributed by atoms with Crippen molar-refractivity contribution < 1.29 is 0 Å². The summed E-state index contributed by atoms with van der Waals surface area (Å²) in [6.07, 6.45) is 6.61. The molecule has 0 spiro atoms. The molecule has 0 radical (unpaired) electrons. The molecular formula is C8H8IN. The van der Waals surface area contributed by atoms with E-state index in [2.05, 4.69) is 33.6 Å². The fourth-order valence-electron chi connectivity index (χ4n) is 1.07. The Labute approximate surface area is 74.0 Å². The molecule has 1 aliphatic carbocycles. The first-order valence-electron chi connectivity index (χ1n) is 3.47. The van der Waals surface area contributed by atoms with Crippen molar-refractivity contribution in [2.75, 3.05) is 0 Å². The molecule has 1 aromatic heterocycles. The number of pyridine rings is 1. The van der Waals surface area contributed by atoms with Gasteiger partial charge in [0.2, 0.25) is 0 Å². The third-order valence-electron chi connectivity index (χ3n) is 1.77. The molecule has 1 heterocycles. The molecular weight excluding hydrogens is 237 g/mol. The van der Waals surface area contributed by atoms with Gasteiger partial charge in [-0.05, 0) is 53.0 Å². The molecule has 0 aliphatic heterocycles. The van der Waals surface area contributed by atoms with Crippen molar-refractivity contribution in [1.82, 2.24) is 4.98 Å². The number of hydrogen-bond acceptors (Lipinski definition) is 1. The standard InChI is InChI=1S/C8H8IN/c9-8-3-7(4-10-5-8)6-1-2-6/h3-6H,1-2H2. The van der Waals surface area contributed by atoms with Crippen LogP contribution >= 0.6 is 22.6 Å². The van der Waals surface area contributed by atoms with Crippen LogP contribution in [-0.2, 0) is 0 Å². The fourth-order valence-corrected chi connectivity index (χ4v) is 1.59. The number of halogens is 1. The summed E-state index contributed by atoms with van der Waals surface area (Å²) in [6, 6.07) is 2.23. The molecule has 1 fully saturated rings. The third-order valence-corrected chi connectivity index (χ3v) is 2.36. The molecule has 1 saturated carbocycles. The summed E-state index contributed by atoms with van der Waals surface area (Å²) < 4.78 is 1.25. The smallest absolute Gasteiger partial charge is 0.0401 e. The highest BCUT2D eigenvalue weighted by atomic mass is 127. The number of aromatic nitrogens is 1. The SMILES string of the molecule is Ic1cncc(C2CC2)c1. The van der Waals surface area contributed by atoms with E-state index in [0.29, 0.717) is 0 Å². The normalized spacial score (nSPS) is 17.3. The Kier molecular flexibility index (Phi) is 1.64. The van der Waals surface area contributed by atoms with Crippen LogP contribution < -0.4 is 0 Å². The van der Waals surface area contributed by atoms with Gasteiger partial charge in [0.15, 0.2) is 0 Å². The van der Waals surface area contributed by atoms with E-state index < -0.39 is 0 Å². The minimum Gasteiger partial charge on any atom is -0.263 e. The first kappa shape index (κ1) is 6.58. The van der Waals surface area contributed by atoms with Gasteiger partial charge in [-0.1, -0.05) is 0 Å². The lowest BCUT2D eigenvalue weighted by Gasteiger charge is -1.95. The lowest BCUT2D eigenvalue weighted by Crippen LogP contribution is -1.82. The van der Waals surface area contributed by atoms with Crippen molar-refractivity contribution in [2.45, 2.75) is 18.8 Å². The zero-order valence-corrected chi connectivity index (χ0v) is 7.71. The summed E-state index contributed by atoms with van der Waals surface area (Å²) in [5.74, 6) is 0.835. The quantitative estimate of drug-likeness (QED) is 0.693. The maximum absolute atomic E-state index is 4.14. The van der Waals surface area contributed by atoms with E-state index in [0.717, 1.165) is 5.92 Å². The summed E-state index contributed by atoms with van der Waals surface area (Å²) in [5.41, 5.74) is 1.42. The van der Waals surface area contributed by atoms with E-state index in [1.54, 1.807) is 0 Å². The summed E-state index contributed by atoms with van der Waals surface area (Å²) in [4.78, 5) is 4.14. The van der Waals surface area contributed by atoms with E-state index in [-0.39, 0.29) is 0 Å². The first-order chi connectivity index (χ1) is 4.86. The van der Waals surface area contributed by atoms with Crippen LogP contribution in [0.3, 0.4) is 0 Å². The van der Waals surface area contributed by atoms with Crippen molar-refractivity contribution in [3.05, 3.63) is 27.6 Å². The maximum Gasteiger partial charge on any atom is 0.0401 e. The Morgan fingerprint density at radius 2 is 2.20 bits per heavy atom. The average Bonchev–Trinajstić information content (AvgIpc) is 2.68. The van der Waals surface area contributed by atoms with Gasteiger partial charge >= 0.3 is 0 Å². The predicted molar refractivity (Wildman–Crippen MR) is 48.9 cm³/mol. The van der Waals surface area contributed by atoms with E-state index in [4.69, 9.17) is 0 Å². The van der Waals surface area contributed by atoms with E-state index in [1.165, 1.54) is 22.0 Å². The molecule has 10 heavy (non-hydrogen) atoms. The molecule has 0 bridgehead atoms. The fraction of sp³-hybridized carbons (Fsp3) is 0.375. The predicted octanol–water partition coefficient (Wildman–Crippen LogP) is 2.56. The summed E-state index contributed by atoms with van der Waals surface area (Å²) in [7, 11) is 0. The molecule has 1 aliphatic rings. The monoisotopic (exact) mass is 245 g/mol. The lowest BCUT2D eigenvalue weighted by atomic mass is 10.2. The highest BCUT2D eigenvalue weighted by molar-refractivity contribution is 14.1. The Balaban J connectivity index is 2.32. The Morgan fingerprint density at radius 1 is 1.40 bits per heavy atom. The van der Waals surface area contributed by atoms with Gasteiger partial charge in [-0.2, -0.15) is 0 Å². The highest BCUT2D eigenvalue weighted by Crippen LogP contribution is 2.39. The molecule has 2 rings (SSSR count). The van der Waals surface area contributed by atoms with Gasteiger partial charge < -0.3 is 0 Å². The van der Waals surface area contributed by atoms with E-state index in [9.17, 15) is 0 Å². The van der Waals surface area contributed by atoms with E-state index in [1.807, 2.05) is 12.4 Å². The number of nitrogens with zero attached hydrogens (tertiary/aromatic N) is 1. The van der Waals surface area contributed by atoms with Crippen LogP contribution in [-0.4, -0.2) is 4.98 Å². The largest absolute Gasteiger partial charge is 0.263 e.